The number of nitrogens with one attached hydrogen (secondary N) is 1. The smallest absolute Gasteiger partial charge is 0.243 e. The van der Waals surface area contributed by atoms with Crippen LogP contribution in [-0.4, -0.2) is 54.9 Å². The number of carbonyl (C=O) groups excluding carboxylic acids is 3. The molecule has 0 unspecified atom stereocenters. The number of anilines is 1. The summed E-state index contributed by atoms with van der Waals surface area (Å²) < 4.78 is 27.3. The van der Waals surface area contributed by atoms with E-state index >= 15 is 0 Å². The van der Waals surface area contributed by atoms with Crippen molar-refractivity contribution in [3.8, 4) is 0 Å². The van der Waals surface area contributed by atoms with Crippen molar-refractivity contribution in [2.75, 3.05) is 25.0 Å². The third-order valence-electron chi connectivity index (χ3n) is 6.46. The predicted molar refractivity (Wildman–Crippen MR) is 128 cm³/mol. The minimum Gasteiger partial charge on any atom is -0.338 e. The maximum Gasteiger partial charge on any atom is 0.243 e. The van der Waals surface area contributed by atoms with Crippen molar-refractivity contribution in [2.24, 2.45) is 5.92 Å². The van der Waals surface area contributed by atoms with E-state index in [0.717, 1.165) is 18.5 Å². The molecule has 0 radical (unpaired) electrons. The zero-order valence-corrected chi connectivity index (χ0v) is 20.0. The average Bonchev–Trinajstić information content (AvgIpc) is 3.23. The molecular formula is C25H29N3O5S. The molecule has 2 aromatic carbocycles. The van der Waals surface area contributed by atoms with Gasteiger partial charge in [-0.2, -0.15) is 4.31 Å². The van der Waals surface area contributed by atoms with E-state index in [0.29, 0.717) is 37.1 Å². The van der Waals surface area contributed by atoms with E-state index in [4.69, 9.17) is 0 Å². The van der Waals surface area contributed by atoms with Crippen molar-refractivity contribution in [3.05, 3.63) is 59.7 Å². The van der Waals surface area contributed by atoms with Crippen LogP contribution in [0.2, 0.25) is 0 Å². The second-order valence-corrected chi connectivity index (χ2v) is 10.8. The van der Waals surface area contributed by atoms with Crippen molar-refractivity contribution in [3.63, 3.8) is 0 Å². The lowest BCUT2D eigenvalue weighted by atomic mass is 9.97. The summed E-state index contributed by atoms with van der Waals surface area (Å²) in [5.74, 6) is -0.371. The molecule has 4 rings (SSSR count). The molecule has 0 aliphatic carbocycles. The molecule has 2 aromatic rings. The van der Waals surface area contributed by atoms with Crippen molar-refractivity contribution in [1.82, 2.24) is 9.21 Å². The first-order chi connectivity index (χ1) is 16.2. The summed E-state index contributed by atoms with van der Waals surface area (Å²) in [5, 5.41) is 2.95. The van der Waals surface area contributed by atoms with Gasteiger partial charge in [0.15, 0.2) is 5.78 Å². The number of piperidine rings is 1. The lowest BCUT2D eigenvalue weighted by Gasteiger charge is -2.30. The highest BCUT2D eigenvalue weighted by Gasteiger charge is 2.32. The van der Waals surface area contributed by atoms with Gasteiger partial charge in [0.1, 0.15) is 0 Å². The number of likely N-dealkylation sites (tertiary alicyclic amines) is 1. The van der Waals surface area contributed by atoms with Crippen LogP contribution in [0, 0.1) is 5.92 Å². The molecule has 9 heteroatoms. The van der Waals surface area contributed by atoms with Gasteiger partial charge in [-0.05, 0) is 56.0 Å². The van der Waals surface area contributed by atoms with Crippen LogP contribution in [0.5, 0.6) is 0 Å². The monoisotopic (exact) mass is 483 g/mol. The van der Waals surface area contributed by atoms with Gasteiger partial charge in [-0.3, -0.25) is 14.4 Å². The first-order valence-electron chi connectivity index (χ1n) is 11.5. The maximum absolute atomic E-state index is 13.0. The lowest BCUT2D eigenvalue weighted by molar-refractivity contribution is -0.128. The number of Topliss-reactive ketones (excluding diaryl/α,β-unsaturated/α-hetero) is 1. The first-order valence-corrected chi connectivity index (χ1v) is 13.0. The van der Waals surface area contributed by atoms with Crippen LogP contribution in [-0.2, 0) is 26.2 Å². The molecule has 0 aromatic heterocycles. The summed E-state index contributed by atoms with van der Waals surface area (Å²) in [6, 6.07) is 13.4. The number of carbonyl (C=O) groups is 3. The molecule has 0 bridgehead atoms. The fourth-order valence-corrected chi connectivity index (χ4v) is 5.92. The molecule has 2 amide bonds. The molecule has 2 heterocycles. The van der Waals surface area contributed by atoms with Gasteiger partial charge in [-0.1, -0.05) is 24.3 Å². The number of amides is 2. The zero-order chi connectivity index (χ0) is 24.3. The third kappa shape index (κ3) is 5.37. The Balaban J connectivity index is 1.33. The van der Waals surface area contributed by atoms with Gasteiger partial charge in [0.25, 0.3) is 0 Å². The Labute approximate surface area is 200 Å². The number of benzene rings is 2. The molecule has 180 valence electrons. The largest absolute Gasteiger partial charge is 0.338 e. The SMILES string of the molecule is CC(=O)c1ccc(S(=O)(=O)N2CCC(C(=O)Nc3cccc(CN4CCCC4=O)c3)CC2)cc1. The summed E-state index contributed by atoms with van der Waals surface area (Å²) in [7, 11) is -3.68. The topological polar surface area (TPSA) is 104 Å². The molecule has 2 aliphatic heterocycles. The van der Waals surface area contributed by atoms with E-state index in [9.17, 15) is 22.8 Å². The molecule has 34 heavy (non-hydrogen) atoms. The van der Waals surface area contributed by atoms with Gasteiger partial charge in [0.2, 0.25) is 21.8 Å². The number of sulfonamides is 1. The highest BCUT2D eigenvalue weighted by atomic mass is 32.2. The van der Waals surface area contributed by atoms with E-state index < -0.39 is 10.0 Å². The van der Waals surface area contributed by atoms with Crippen LogP contribution in [0.1, 0.15) is 48.5 Å². The zero-order valence-electron chi connectivity index (χ0n) is 19.2. The molecule has 1 N–H and O–H groups in total. The normalized spacial score (nSPS) is 17.7. The van der Waals surface area contributed by atoms with E-state index in [1.165, 1.54) is 35.5 Å². The number of ketones is 1. The highest BCUT2D eigenvalue weighted by molar-refractivity contribution is 7.89. The fraction of sp³-hybridized carbons (Fsp3) is 0.400. The van der Waals surface area contributed by atoms with Gasteiger partial charge in [-0.15, -0.1) is 0 Å². The summed E-state index contributed by atoms with van der Waals surface area (Å²) in [4.78, 5) is 38.1. The Morgan fingerprint density at radius 1 is 1.03 bits per heavy atom. The first kappa shape index (κ1) is 24.1. The maximum atomic E-state index is 13.0. The minimum atomic E-state index is -3.68. The number of hydrogen-bond donors (Lipinski definition) is 1. The number of rotatable bonds is 7. The van der Waals surface area contributed by atoms with Crippen molar-refractivity contribution in [2.45, 2.75) is 44.0 Å². The number of hydrogen-bond acceptors (Lipinski definition) is 5. The quantitative estimate of drug-likeness (QED) is 0.610. The van der Waals surface area contributed by atoms with Crippen molar-refractivity contribution >= 4 is 33.3 Å². The van der Waals surface area contributed by atoms with Crippen LogP contribution in [0.3, 0.4) is 0 Å². The second-order valence-electron chi connectivity index (χ2n) is 8.87. The van der Waals surface area contributed by atoms with Gasteiger partial charge >= 0.3 is 0 Å². The van der Waals surface area contributed by atoms with Crippen LogP contribution >= 0.6 is 0 Å². The van der Waals surface area contributed by atoms with Crippen molar-refractivity contribution in [1.29, 1.82) is 0 Å². The lowest BCUT2D eigenvalue weighted by Crippen LogP contribution is -2.41. The van der Waals surface area contributed by atoms with Gasteiger partial charge in [0, 0.05) is 49.8 Å². The predicted octanol–water partition coefficient (Wildman–Crippen LogP) is 3.05. The summed E-state index contributed by atoms with van der Waals surface area (Å²) in [6.45, 7) is 3.24. The Morgan fingerprint density at radius 2 is 1.74 bits per heavy atom. The molecule has 0 saturated carbocycles. The van der Waals surface area contributed by atoms with E-state index in [1.54, 1.807) is 0 Å². The van der Waals surface area contributed by atoms with E-state index in [2.05, 4.69) is 5.32 Å². The molecule has 8 nitrogen and oxygen atoms in total. The molecule has 0 atom stereocenters. The summed E-state index contributed by atoms with van der Waals surface area (Å²) in [6.07, 6.45) is 2.33. The van der Waals surface area contributed by atoms with Crippen LogP contribution in [0.4, 0.5) is 5.69 Å². The average molecular weight is 484 g/mol. The van der Waals surface area contributed by atoms with Crippen molar-refractivity contribution < 1.29 is 22.8 Å². The van der Waals surface area contributed by atoms with Gasteiger partial charge in [0.05, 0.1) is 4.90 Å². The van der Waals surface area contributed by atoms with E-state index in [1.807, 2.05) is 29.2 Å². The van der Waals surface area contributed by atoms with Gasteiger partial charge in [-0.25, -0.2) is 8.42 Å². The second kappa shape index (κ2) is 10.1. The third-order valence-corrected chi connectivity index (χ3v) is 8.38. The molecule has 2 aliphatic rings. The molecule has 2 fully saturated rings. The Bertz CT molecular complexity index is 1190. The summed E-state index contributed by atoms with van der Waals surface area (Å²) >= 11 is 0. The standard InChI is InChI=1S/C25H29N3O5S/c1-18(29)20-7-9-23(10-8-20)34(32,33)28-14-11-21(12-15-28)25(31)26-22-5-2-4-19(16-22)17-27-13-3-6-24(27)30/h2,4-5,7-10,16,21H,3,6,11-15,17H2,1H3,(H,26,31). The molecule has 2 saturated heterocycles. The minimum absolute atomic E-state index is 0.120. The Morgan fingerprint density at radius 3 is 2.35 bits per heavy atom. The number of nitrogens with zero attached hydrogens (tertiary/aromatic N) is 2. The van der Waals surface area contributed by atoms with Crippen LogP contribution in [0.25, 0.3) is 0 Å². The highest BCUT2D eigenvalue weighted by Crippen LogP contribution is 2.26. The molecule has 0 spiro atoms. The van der Waals surface area contributed by atoms with Crippen LogP contribution in [0.15, 0.2) is 53.4 Å². The van der Waals surface area contributed by atoms with Crippen LogP contribution < -0.4 is 5.32 Å². The Hall–Kier alpha value is -3.04. The van der Waals surface area contributed by atoms with Gasteiger partial charge < -0.3 is 10.2 Å². The fourth-order valence-electron chi connectivity index (χ4n) is 4.45. The summed E-state index contributed by atoms with van der Waals surface area (Å²) in [5.41, 5.74) is 2.10. The Kier molecular flexibility index (Phi) is 7.13. The van der Waals surface area contributed by atoms with E-state index in [-0.39, 0.29) is 41.5 Å². The molecular weight excluding hydrogens is 454 g/mol.